The third-order valence-corrected chi connectivity index (χ3v) is 2.76. The van der Waals surface area contributed by atoms with Gasteiger partial charge in [-0.15, -0.1) is 11.6 Å². The summed E-state index contributed by atoms with van der Waals surface area (Å²) >= 11 is 5.70. The quantitative estimate of drug-likeness (QED) is 0.630. The molecule has 1 aromatic carbocycles. The minimum atomic E-state index is -0.299. The zero-order chi connectivity index (χ0) is 12.0. The molecule has 1 rings (SSSR count). The van der Waals surface area contributed by atoms with Crippen molar-refractivity contribution in [3.8, 4) is 0 Å². The fourth-order valence-corrected chi connectivity index (χ4v) is 1.62. The van der Waals surface area contributed by atoms with Crippen molar-refractivity contribution in [3.05, 3.63) is 35.4 Å². The number of benzene rings is 1. The number of likely N-dealkylation sites (N-methyl/N-ethyl adjacent to an activating group) is 1. The molecule has 0 saturated carbocycles. The van der Waals surface area contributed by atoms with Crippen LogP contribution < -0.4 is 5.32 Å². The maximum atomic E-state index is 11.4. The Hall–Kier alpha value is -1.06. The third-order valence-electron chi connectivity index (χ3n) is 2.45. The fraction of sp³-hybridized carbons (Fsp3) is 0.417. The summed E-state index contributed by atoms with van der Waals surface area (Å²) in [5, 5.41) is 2.93. The van der Waals surface area contributed by atoms with E-state index < -0.39 is 0 Å². The van der Waals surface area contributed by atoms with E-state index in [1.54, 1.807) is 7.05 Å². The average Bonchev–Trinajstić information content (AvgIpc) is 2.35. The van der Waals surface area contributed by atoms with Crippen LogP contribution in [0.3, 0.4) is 0 Å². The first-order valence-corrected chi connectivity index (χ1v) is 5.63. The van der Waals surface area contributed by atoms with Crippen molar-refractivity contribution < 1.29 is 9.53 Å². The van der Waals surface area contributed by atoms with Crippen LogP contribution in [0.25, 0.3) is 0 Å². The molecule has 0 amide bonds. The molecular formula is C12H16ClNO2. The molecule has 3 nitrogen and oxygen atoms in total. The molecule has 1 N–H and O–H groups in total. The summed E-state index contributed by atoms with van der Waals surface area (Å²) < 4.78 is 4.70. The number of hydrogen-bond donors (Lipinski definition) is 1. The molecule has 0 fully saturated rings. The summed E-state index contributed by atoms with van der Waals surface area (Å²) in [7, 11) is 3.14. The van der Waals surface area contributed by atoms with Crippen LogP contribution in [0.1, 0.15) is 11.1 Å². The molecule has 88 valence electrons. The van der Waals surface area contributed by atoms with Crippen LogP contribution >= 0.6 is 11.6 Å². The molecule has 0 heterocycles. The molecule has 0 unspecified atom stereocenters. The van der Waals surface area contributed by atoms with Crippen molar-refractivity contribution in [2.24, 2.45) is 0 Å². The van der Waals surface area contributed by atoms with E-state index in [4.69, 9.17) is 16.3 Å². The number of rotatable bonds is 5. The molecule has 0 aliphatic carbocycles. The molecule has 0 aliphatic rings. The molecule has 1 atom stereocenters. The fourth-order valence-electron chi connectivity index (χ4n) is 1.45. The Labute approximate surface area is 101 Å². The van der Waals surface area contributed by atoms with Crippen molar-refractivity contribution in [1.29, 1.82) is 0 Å². The molecule has 0 aliphatic heterocycles. The lowest BCUT2D eigenvalue weighted by Crippen LogP contribution is -2.36. The van der Waals surface area contributed by atoms with Gasteiger partial charge in [0, 0.05) is 5.88 Å². The number of carbonyl (C=O) groups is 1. The zero-order valence-electron chi connectivity index (χ0n) is 9.50. The number of halogens is 1. The largest absolute Gasteiger partial charge is 0.468 e. The van der Waals surface area contributed by atoms with Crippen LogP contribution in [0.4, 0.5) is 0 Å². The van der Waals surface area contributed by atoms with Gasteiger partial charge in [0.1, 0.15) is 6.04 Å². The second-order valence-electron chi connectivity index (χ2n) is 3.52. The van der Waals surface area contributed by atoms with E-state index >= 15 is 0 Å². The lowest BCUT2D eigenvalue weighted by molar-refractivity contribution is -0.142. The Kier molecular flexibility index (Phi) is 5.29. The molecule has 0 aromatic heterocycles. The Bertz CT molecular complexity index is 337. The maximum Gasteiger partial charge on any atom is 0.323 e. The maximum absolute atomic E-state index is 11.4. The molecular weight excluding hydrogens is 226 g/mol. The number of hydrogen-bond acceptors (Lipinski definition) is 3. The Balaban J connectivity index is 2.66. The van der Waals surface area contributed by atoms with Crippen molar-refractivity contribution in [1.82, 2.24) is 5.32 Å². The zero-order valence-corrected chi connectivity index (χ0v) is 10.3. The number of methoxy groups -OCH3 is 1. The molecule has 1 aromatic rings. The Morgan fingerprint density at radius 2 is 1.94 bits per heavy atom. The second-order valence-corrected chi connectivity index (χ2v) is 3.79. The highest BCUT2D eigenvalue weighted by molar-refractivity contribution is 6.17. The van der Waals surface area contributed by atoms with E-state index in [1.165, 1.54) is 7.11 Å². The number of alkyl halides is 1. The van der Waals surface area contributed by atoms with E-state index in [-0.39, 0.29) is 12.0 Å². The van der Waals surface area contributed by atoms with Gasteiger partial charge in [-0.05, 0) is 24.6 Å². The highest BCUT2D eigenvalue weighted by atomic mass is 35.5. The van der Waals surface area contributed by atoms with Crippen molar-refractivity contribution in [2.45, 2.75) is 18.3 Å². The van der Waals surface area contributed by atoms with Gasteiger partial charge in [-0.2, -0.15) is 0 Å². The van der Waals surface area contributed by atoms with Crippen LogP contribution in [0.15, 0.2) is 24.3 Å². The summed E-state index contributed by atoms with van der Waals surface area (Å²) in [6, 6.07) is 7.58. The first-order valence-electron chi connectivity index (χ1n) is 5.10. The number of ether oxygens (including phenoxy) is 1. The molecule has 0 spiro atoms. The summed E-state index contributed by atoms with van der Waals surface area (Å²) in [5.74, 6) is 0.260. The van der Waals surface area contributed by atoms with E-state index in [2.05, 4.69) is 5.32 Å². The molecule has 0 saturated heterocycles. The standard InChI is InChI=1S/C12H16ClNO2/c1-14-11(12(15)16-2)7-9-3-5-10(8-13)6-4-9/h3-6,11,14H,7-8H2,1-2H3/t11-/m0/s1. The van der Waals surface area contributed by atoms with Gasteiger partial charge in [0.2, 0.25) is 0 Å². The van der Waals surface area contributed by atoms with Crippen LogP contribution in [0.2, 0.25) is 0 Å². The van der Waals surface area contributed by atoms with E-state index in [9.17, 15) is 4.79 Å². The predicted octanol–water partition coefficient (Wildman–Crippen LogP) is 1.73. The van der Waals surface area contributed by atoms with Crippen LogP contribution in [-0.2, 0) is 21.8 Å². The third kappa shape index (κ3) is 3.51. The summed E-state index contributed by atoms with van der Waals surface area (Å²) in [4.78, 5) is 11.4. The van der Waals surface area contributed by atoms with Gasteiger partial charge in [-0.25, -0.2) is 0 Å². The SMILES string of the molecule is CN[C@@H](Cc1ccc(CCl)cc1)C(=O)OC. The van der Waals surface area contributed by atoms with Crippen molar-refractivity contribution >= 4 is 17.6 Å². The lowest BCUT2D eigenvalue weighted by Gasteiger charge is -2.13. The lowest BCUT2D eigenvalue weighted by atomic mass is 10.0. The van der Waals surface area contributed by atoms with Gasteiger partial charge in [0.25, 0.3) is 0 Å². The molecule has 0 radical (unpaired) electrons. The second kappa shape index (κ2) is 6.51. The monoisotopic (exact) mass is 241 g/mol. The summed E-state index contributed by atoms with van der Waals surface area (Å²) in [6.07, 6.45) is 0.617. The van der Waals surface area contributed by atoms with Gasteiger partial charge in [0.15, 0.2) is 0 Å². The Morgan fingerprint density at radius 3 is 2.38 bits per heavy atom. The first-order chi connectivity index (χ1) is 7.71. The highest BCUT2D eigenvalue weighted by Crippen LogP contribution is 2.09. The Morgan fingerprint density at radius 1 is 1.38 bits per heavy atom. The van der Waals surface area contributed by atoms with Crippen LogP contribution in [0.5, 0.6) is 0 Å². The highest BCUT2D eigenvalue weighted by Gasteiger charge is 2.16. The van der Waals surface area contributed by atoms with Crippen molar-refractivity contribution in [3.63, 3.8) is 0 Å². The van der Waals surface area contributed by atoms with Gasteiger partial charge < -0.3 is 10.1 Å². The minimum absolute atomic E-state index is 0.246. The molecule has 0 bridgehead atoms. The van der Waals surface area contributed by atoms with Crippen LogP contribution in [0, 0.1) is 0 Å². The normalized spacial score (nSPS) is 12.2. The van der Waals surface area contributed by atoms with Gasteiger partial charge >= 0.3 is 5.97 Å². The van der Waals surface area contributed by atoms with Gasteiger partial charge in [0.05, 0.1) is 7.11 Å². The van der Waals surface area contributed by atoms with E-state index in [0.29, 0.717) is 12.3 Å². The number of esters is 1. The molecule has 16 heavy (non-hydrogen) atoms. The van der Waals surface area contributed by atoms with Crippen LogP contribution in [-0.4, -0.2) is 26.2 Å². The number of nitrogens with one attached hydrogen (secondary N) is 1. The number of carbonyl (C=O) groups excluding carboxylic acids is 1. The predicted molar refractivity (Wildman–Crippen MR) is 64.6 cm³/mol. The minimum Gasteiger partial charge on any atom is -0.468 e. The topological polar surface area (TPSA) is 38.3 Å². The molecule has 4 heteroatoms. The van der Waals surface area contributed by atoms with Gasteiger partial charge in [-0.1, -0.05) is 24.3 Å². The summed E-state index contributed by atoms with van der Waals surface area (Å²) in [6.45, 7) is 0. The van der Waals surface area contributed by atoms with E-state index in [0.717, 1.165) is 11.1 Å². The smallest absolute Gasteiger partial charge is 0.323 e. The summed E-state index contributed by atoms with van der Waals surface area (Å²) in [5.41, 5.74) is 2.16. The van der Waals surface area contributed by atoms with E-state index in [1.807, 2.05) is 24.3 Å². The average molecular weight is 242 g/mol. The first kappa shape index (κ1) is 13.0. The van der Waals surface area contributed by atoms with Gasteiger partial charge in [-0.3, -0.25) is 4.79 Å². The van der Waals surface area contributed by atoms with Crippen molar-refractivity contribution in [2.75, 3.05) is 14.2 Å².